The van der Waals surface area contributed by atoms with Crippen LogP contribution in [0.3, 0.4) is 0 Å². The summed E-state index contributed by atoms with van der Waals surface area (Å²) in [5.41, 5.74) is 4.76. The van der Waals surface area contributed by atoms with Crippen molar-refractivity contribution in [3.05, 3.63) is 105 Å². The largest absolute Gasteiger partial charge is 0.366 e. The van der Waals surface area contributed by atoms with Crippen LogP contribution in [0, 0.1) is 28.5 Å². The maximum absolute atomic E-state index is 13.8. The number of pyridine rings is 2. The zero-order valence-corrected chi connectivity index (χ0v) is 22.2. The van der Waals surface area contributed by atoms with E-state index in [0.29, 0.717) is 36.4 Å². The molecule has 0 aliphatic carbocycles. The van der Waals surface area contributed by atoms with Crippen molar-refractivity contribution >= 4 is 16.7 Å². The monoisotopic (exact) mass is 520 g/mol. The van der Waals surface area contributed by atoms with Crippen molar-refractivity contribution < 1.29 is 4.39 Å². The van der Waals surface area contributed by atoms with E-state index in [2.05, 4.69) is 60.1 Å². The Morgan fingerprint density at radius 1 is 1.00 bits per heavy atom. The Bertz CT molecular complexity index is 1660. The van der Waals surface area contributed by atoms with Gasteiger partial charge < -0.3 is 9.47 Å². The van der Waals surface area contributed by atoms with E-state index in [1.165, 1.54) is 22.3 Å². The van der Waals surface area contributed by atoms with E-state index in [1.807, 2.05) is 17.0 Å². The molecule has 1 fully saturated rings. The molecule has 0 amide bonds. The summed E-state index contributed by atoms with van der Waals surface area (Å²) in [5, 5.41) is 19.4. The third-order valence-electron chi connectivity index (χ3n) is 7.66. The van der Waals surface area contributed by atoms with Crippen LogP contribution in [0.2, 0.25) is 0 Å². The molecule has 2 aromatic heterocycles. The van der Waals surface area contributed by atoms with Crippen LogP contribution in [-0.4, -0.2) is 40.1 Å². The number of halogens is 1. The van der Waals surface area contributed by atoms with Crippen molar-refractivity contribution in [1.82, 2.24) is 14.5 Å². The highest BCUT2D eigenvalue weighted by Crippen LogP contribution is 2.35. The molecule has 0 saturated carbocycles. The molecule has 3 heterocycles. The van der Waals surface area contributed by atoms with Gasteiger partial charge in [0.2, 0.25) is 0 Å². The number of piperazine rings is 1. The lowest BCUT2D eigenvalue weighted by Gasteiger charge is -2.45. The number of nitrogens with zero attached hydrogens (tertiary/aromatic N) is 6. The molecule has 7 nitrogen and oxygen atoms in total. The third kappa shape index (κ3) is 4.76. The molecule has 2 aromatic carbocycles. The number of benzene rings is 2. The highest BCUT2D eigenvalue weighted by molar-refractivity contribution is 5.92. The molecular formula is C31H29FN6O. The summed E-state index contributed by atoms with van der Waals surface area (Å²) < 4.78 is 15.2. The number of hydrogen-bond donors (Lipinski definition) is 0. The highest BCUT2D eigenvalue weighted by atomic mass is 19.1. The van der Waals surface area contributed by atoms with Gasteiger partial charge in [0.05, 0.1) is 17.2 Å². The van der Waals surface area contributed by atoms with Crippen molar-refractivity contribution in [1.29, 1.82) is 10.5 Å². The molecule has 0 bridgehead atoms. The van der Waals surface area contributed by atoms with Crippen LogP contribution in [0.5, 0.6) is 0 Å². The molecular weight excluding hydrogens is 491 g/mol. The smallest absolute Gasteiger partial charge is 0.270 e. The van der Waals surface area contributed by atoms with Gasteiger partial charge in [-0.2, -0.15) is 10.5 Å². The lowest BCUT2D eigenvalue weighted by atomic mass is 9.93. The number of aryl methyl sites for hydroxylation is 2. The lowest BCUT2D eigenvalue weighted by molar-refractivity contribution is 0.150. The first-order valence-electron chi connectivity index (χ1n) is 13.0. The fraction of sp³-hybridized carbons (Fsp3) is 0.290. The SMILES string of the molecule is CCc1ccc(C(c2ccc(F)cc2)N2CCN(c3c(C#N)c(=O)n(C)c4ccc(C#N)nc34)C[C@H]2C)cc1. The summed E-state index contributed by atoms with van der Waals surface area (Å²) in [7, 11) is 1.61. The van der Waals surface area contributed by atoms with Gasteiger partial charge in [0.25, 0.3) is 5.56 Å². The van der Waals surface area contributed by atoms with Gasteiger partial charge in [0.1, 0.15) is 34.7 Å². The quantitative estimate of drug-likeness (QED) is 0.380. The van der Waals surface area contributed by atoms with Crippen LogP contribution < -0.4 is 10.5 Å². The molecule has 8 heteroatoms. The topological polar surface area (TPSA) is 89.0 Å². The molecule has 1 aliphatic rings. The number of anilines is 1. The standard InChI is InChI=1S/C31H29FN6O/c1-4-21-5-7-22(8-6-21)29(23-9-11-24(32)12-10-23)38-16-15-37(19-20(38)2)30-26(18-34)31(39)36(3)27-14-13-25(17-33)35-28(27)30/h5-14,20,29H,4,15-16,19H2,1-3H3/t20-,29?/m1/s1. The fourth-order valence-electron chi connectivity index (χ4n) is 5.58. The van der Waals surface area contributed by atoms with Crippen LogP contribution >= 0.6 is 0 Å². The Morgan fingerprint density at radius 2 is 1.67 bits per heavy atom. The maximum Gasteiger partial charge on any atom is 0.270 e. The average Bonchev–Trinajstić information content (AvgIpc) is 2.96. The van der Waals surface area contributed by atoms with E-state index < -0.39 is 0 Å². The van der Waals surface area contributed by atoms with Crippen LogP contribution in [0.15, 0.2) is 65.5 Å². The van der Waals surface area contributed by atoms with Gasteiger partial charge in [-0.25, -0.2) is 9.37 Å². The number of nitriles is 2. The van der Waals surface area contributed by atoms with E-state index in [4.69, 9.17) is 0 Å². The zero-order valence-electron chi connectivity index (χ0n) is 22.2. The molecule has 1 unspecified atom stereocenters. The second-order valence-corrected chi connectivity index (χ2v) is 9.96. The van der Waals surface area contributed by atoms with E-state index in [1.54, 1.807) is 19.2 Å². The molecule has 0 N–H and O–H groups in total. The Balaban J connectivity index is 1.56. The molecule has 5 rings (SSSR count). The van der Waals surface area contributed by atoms with Gasteiger partial charge in [-0.05, 0) is 54.3 Å². The van der Waals surface area contributed by atoms with Crippen LogP contribution in [0.4, 0.5) is 10.1 Å². The van der Waals surface area contributed by atoms with Crippen molar-refractivity contribution in [3.8, 4) is 12.1 Å². The fourth-order valence-corrected chi connectivity index (χ4v) is 5.58. The summed E-state index contributed by atoms with van der Waals surface area (Å²) >= 11 is 0. The molecule has 1 aliphatic heterocycles. The van der Waals surface area contributed by atoms with Crippen LogP contribution in [0.25, 0.3) is 11.0 Å². The van der Waals surface area contributed by atoms with Crippen LogP contribution in [0.1, 0.15) is 47.8 Å². The first-order chi connectivity index (χ1) is 18.9. The molecule has 1 saturated heterocycles. The average molecular weight is 521 g/mol. The summed E-state index contributed by atoms with van der Waals surface area (Å²) in [6.45, 7) is 5.97. The highest BCUT2D eigenvalue weighted by Gasteiger charge is 2.34. The van der Waals surface area contributed by atoms with Gasteiger partial charge >= 0.3 is 0 Å². The minimum atomic E-state index is -0.387. The summed E-state index contributed by atoms with van der Waals surface area (Å²) in [6, 6.07) is 22.6. The van der Waals surface area contributed by atoms with Crippen molar-refractivity contribution in [2.24, 2.45) is 7.05 Å². The number of rotatable bonds is 5. The maximum atomic E-state index is 13.8. The zero-order chi connectivity index (χ0) is 27.7. The van der Waals surface area contributed by atoms with Crippen molar-refractivity contribution in [3.63, 3.8) is 0 Å². The summed E-state index contributed by atoms with van der Waals surface area (Å²) in [4.78, 5) is 22.1. The number of aromatic nitrogens is 2. The molecule has 2 atom stereocenters. The second kappa shape index (κ2) is 10.7. The molecule has 196 valence electrons. The molecule has 39 heavy (non-hydrogen) atoms. The Kier molecular flexibility index (Phi) is 7.15. The van der Waals surface area contributed by atoms with Gasteiger partial charge in [0.15, 0.2) is 0 Å². The molecule has 0 spiro atoms. The summed E-state index contributed by atoms with van der Waals surface area (Å²) in [5.74, 6) is -0.275. The van der Waals surface area contributed by atoms with E-state index >= 15 is 0 Å². The first kappa shape index (κ1) is 26.1. The Hall–Kier alpha value is -4.53. The predicted molar refractivity (Wildman–Crippen MR) is 149 cm³/mol. The van der Waals surface area contributed by atoms with E-state index in [0.717, 1.165) is 17.5 Å². The van der Waals surface area contributed by atoms with Crippen molar-refractivity contribution in [2.75, 3.05) is 24.5 Å². The number of fused-ring (bicyclic) bond motifs is 1. The van der Waals surface area contributed by atoms with Crippen LogP contribution in [-0.2, 0) is 13.5 Å². The summed E-state index contributed by atoms with van der Waals surface area (Å²) in [6.07, 6.45) is 0.948. The lowest BCUT2D eigenvalue weighted by Crippen LogP contribution is -2.53. The van der Waals surface area contributed by atoms with E-state index in [-0.39, 0.29) is 34.7 Å². The van der Waals surface area contributed by atoms with Gasteiger partial charge in [-0.1, -0.05) is 43.3 Å². The minimum Gasteiger partial charge on any atom is -0.366 e. The Morgan fingerprint density at radius 3 is 2.26 bits per heavy atom. The van der Waals surface area contributed by atoms with Crippen molar-refractivity contribution in [2.45, 2.75) is 32.4 Å². The minimum absolute atomic E-state index is 0.0180. The normalized spacial score (nSPS) is 16.6. The predicted octanol–water partition coefficient (Wildman–Crippen LogP) is 4.68. The molecule has 4 aromatic rings. The van der Waals surface area contributed by atoms with E-state index in [9.17, 15) is 19.7 Å². The molecule has 0 radical (unpaired) electrons. The third-order valence-corrected chi connectivity index (χ3v) is 7.66. The second-order valence-electron chi connectivity index (χ2n) is 9.96. The van der Waals surface area contributed by atoms with Gasteiger partial charge in [-0.15, -0.1) is 0 Å². The van der Waals surface area contributed by atoms with Gasteiger partial charge in [0, 0.05) is 32.7 Å². The Labute approximate surface area is 227 Å². The number of hydrogen-bond acceptors (Lipinski definition) is 6. The first-order valence-corrected chi connectivity index (χ1v) is 13.0. The van der Waals surface area contributed by atoms with Gasteiger partial charge in [-0.3, -0.25) is 9.69 Å².